The average molecular weight is 251 g/mol. The number of carbonyl (C=O) groups is 1. The number of nitrogens with zero attached hydrogens (tertiary/aromatic N) is 2. The molecule has 0 aromatic carbocycles. The van der Waals surface area contributed by atoms with Gasteiger partial charge in [-0.2, -0.15) is 0 Å². The van der Waals surface area contributed by atoms with Crippen molar-refractivity contribution in [1.29, 1.82) is 0 Å². The predicted molar refractivity (Wildman–Crippen MR) is 67.1 cm³/mol. The summed E-state index contributed by atoms with van der Waals surface area (Å²) in [7, 11) is 0. The Hall–Kier alpha value is -1.39. The Morgan fingerprint density at radius 3 is 2.72 bits per heavy atom. The molecule has 5 nitrogen and oxygen atoms in total. The molecule has 1 saturated carbocycles. The average Bonchev–Trinajstić information content (AvgIpc) is 3.00. The van der Waals surface area contributed by atoms with Crippen molar-refractivity contribution in [1.82, 2.24) is 15.5 Å². The van der Waals surface area contributed by atoms with Gasteiger partial charge in [-0.05, 0) is 12.8 Å². The lowest BCUT2D eigenvalue weighted by atomic mass is 10.1. The molecule has 2 rings (SSSR count). The molecule has 1 aliphatic rings. The van der Waals surface area contributed by atoms with Crippen LogP contribution in [0.2, 0.25) is 0 Å². The van der Waals surface area contributed by atoms with Gasteiger partial charge in [0.2, 0.25) is 17.7 Å². The van der Waals surface area contributed by atoms with Crippen LogP contribution in [-0.2, 0) is 11.2 Å². The van der Waals surface area contributed by atoms with Crippen molar-refractivity contribution >= 4 is 5.91 Å². The maximum atomic E-state index is 11.8. The summed E-state index contributed by atoms with van der Waals surface area (Å²) < 4.78 is 5.48. The van der Waals surface area contributed by atoms with Gasteiger partial charge in [0.25, 0.3) is 0 Å². The maximum Gasteiger partial charge on any atom is 0.223 e. The molecule has 100 valence electrons. The van der Waals surface area contributed by atoms with E-state index in [0.717, 1.165) is 12.8 Å². The van der Waals surface area contributed by atoms with Gasteiger partial charge in [-0.3, -0.25) is 4.79 Å². The van der Waals surface area contributed by atoms with Crippen molar-refractivity contribution in [3.63, 3.8) is 0 Å². The van der Waals surface area contributed by atoms with Crippen LogP contribution < -0.4 is 5.32 Å². The van der Waals surface area contributed by atoms with E-state index in [1.54, 1.807) is 0 Å². The molecular formula is C13H21N3O2. The standard InChI is InChI=1S/C13H21N3O2/c1-9(2)13-16-15-11(18-13)7-8-14-12(17)10-5-3-4-6-10/h9-10H,3-8H2,1-2H3,(H,14,17). The molecule has 0 atom stereocenters. The van der Waals surface area contributed by atoms with E-state index < -0.39 is 0 Å². The molecule has 1 aromatic rings. The molecule has 0 unspecified atom stereocenters. The fourth-order valence-corrected chi connectivity index (χ4v) is 2.23. The highest BCUT2D eigenvalue weighted by Gasteiger charge is 2.22. The highest BCUT2D eigenvalue weighted by Crippen LogP contribution is 2.24. The Kier molecular flexibility index (Phi) is 4.33. The lowest BCUT2D eigenvalue weighted by Crippen LogP contribution is -2.30. The zero-order chi connectivity index (χ0) is 13.0. The summed E-state index contributed by atoms with van der Waals surface area (Å²) in [5, 5.41) is 10.9. The van der Waals surface area contributed by atoms with Gasteiger partial charge in [0.15, 0.2) is 0 Å². The highest BCUT2D eigenvalue weighted by molar-refractivity contribution is 5.78. The maximum absolute atomic E-state index is 11.8. The third kappa shape index (κ3) is 3.31. The third-order valence-corrected chi connectivity index (χ3v) is 3.34. The predicted octanol–water partition coefficient (Wildman–Crippen LogP) is 2.04. The van der Waals surface area contributed by atoms with E-state index in [2.05, 4.69) is 15.5 Å². The van der Waals surface area contributed by atoms with Gasteiger partial charge in [-0.15, -0.1) is 10.2 Å². The van der Waals surface area contributed by atoms with Crippen LogP contribution in [0.25, 0.3) is 0 Å². The fraction of sp³-hybridized carbons (Fsp3) is 0.769. The van der Waals surface area contributed by atoms with E-state index in [1.165, 1.54) is 12.8 Å². The normalized spacial score (nSPS) is 16.4. The minimum Gasteiger partial charge on any atom is -0.425 e. The van der Waals surface area contributed by atoms with Gasteiger partial charge in [0.1, 0.15) is 0 Å². The van der Waals surface area contributed by atoms with Crippen LogP contribution in [0, 0.1) is 5.92 Å². The van der Waals surface area contributed by atoms with Gasteiger partial charge in [-0.1, -0.05) is 26.7 Å². The lowest BCUT2D eigenvalue weighted by molar-refractivity contribution is -0.124. The Balaban J connectivity index is 1.72. The largest absolute Gasteiger partial charge is 0.425 e. The summed E-state index contributed by atoms with van der Waals surface area (Å²) in [6.07, 6.45) is 5.03. The molecule has 1 heterocycles. The van der Waals surface area contributed by atoms with E-state index >= 15 is 0 Å². The van der Waals surface area contributed by atoms with Crippen LogP contribution in [0.1, 0.15) is 57.2 Å². The Morgan fingerprint density at radius 1 is 1.39 bits per heavy atom. The van der Waals surface area contributed by atoms with Crippen molar-refractivity contribution in [3.05, 3.63) is 11.8 Å². The van der Waals surface area contributed by atoms with Gasteiger partial charge in [0.05, 0.1) is 0 Å². The van der Waals surface area contributed by atoms with Crippen molar-refractivity contribution in [3.8, 4) is 0 Å². The van der Waals surface area contributed by atoms with Crippen molar-refractivity contribution < 1.29 is 9.21 Å². The quantitative estimate of drug-likeness (QED) is 0.869. The van der Waals surface area contributed by atoms with Crippen molar-refractivity contribution in [2.24, 2.45) is 5.92 Å². The van der Waals surface area contributed by atoms with Crippen molar-refractivity contribution in [2.75, 3.05) is 6.54 Å². The summed E-state index contributed by atoms with van der Waals surface area (Å²) in [6.45, 7) is 4.60. The number of rotatable bonds is 5. The first-order chi connectivity index (χ1) is 8.66. The van der Waals surface area contributed by atoms with Gasteiger partial charge in [0, 0.05) is 24.8 Å². The monoisotopic (exact) mass is 251 g/mol. The summed E-state index contributed by atoms with van der Waals surface area (Å²) in [5.74, 6) is 1.91. The summed E-state index contributed by atoms with van der Waals surface area (Å²) in [6, 6.07) is 0. The molecule has 18 heavy (non-hydrogen) atoms. The molecule has 0 saturated heterocycles. The van der Waals surface area contributed by atoms with Crippen molar-refractivity contribution in [2.45, 2.75) is 51.9 Å². The van der Waals surface area contributed by atoms with E-state index in [1.807, 2.05) is 13.8 Å². The summed E-state index contributed by atoms with van der Waals surface area (Å²) in [4.78, 5) is 11.8. The molecule has 0 aliphatic heterocycles. The minimum atomic E-state index is 0.177. The second-order valence-electron chi connectivity index (χ2n) is 5.21. The van der Waals surface area contributed by atoms with E-state index in [-0.39, 0.29) is 17.7 Å². The van der Waals surface area contributed by atoms with Gasteiger partial charge >= 0.3 is 0 Å². The zero-order valence-electron chi connectivity index (χ0n) is 11.1. The molecule has 1 aromatic heterocycles. The minimum absolute atomic E-state index is 0.177. The molecule has 0 bridgehead atoms. The molecule has 5 heteroatoms. The Morgan fingerprint density at radius 2 is 2.11 bits per heavy atom. The first-order valence-corrected chi connectivity index (χ1v) is 6.77. The van der Waals surface area contributed by atoms with Crippen LogP contribution in [0.4, 0.5) is 0 Å². The molecule has 0 radical (unpaired) electrons. The summed E-state index contributed by atoms with van der Waals surface area (Å²) >= 11 is 0. The van der Waals surface area contributed by atoms with Crippen LogP contribution in [0.5, 0.6) is 0 Å². The Bertz CT molecular complexity index is 395. The number of hydrogen-bond acceptors (Lipinski definition) is 4. The zero-order valence-corrected chi connectivity index (χ0v) is 11.1. The highest BCUT2D eigenvalue weighted by atomic mass is 16.4. The van der Waals surface area contributed by atoms with E-state index in [9.17, 15) is 4.79 Å². The van der Waals surface area contributed by atoms with Crippen LogP contribution in [0.15, 0.2) is 4.42 Å². The second-order valence-corrected chi connectivity index (χ2v) is 5.21. The van der Waals surface area contributed by atoms with E-state index in [4.69, 9.17) is 4.42 Å². The number of nitrogens with one attached hydrogen (secondary N) is 1. The number of hydrogen-bond donors (Lipinski definition) is 1. The van der Waals surface area contributed by atoms with Gasteiger partial charge in [-0.25, -0.2) is 0 Å². The topological polar surface area (TPSA) is 68.0 Å². The van der Waals surface area contributed by atoms with Crippen LogP contribution in [0.3, 0.4) is 0 Å². The van der Waals surface area contributed by atoms with Gasteiger partial charge < -0.3 is 9.73 Å². The first-order valence-electron chi connectivity index (χ1n) is 6.77. The molecule has 1 N–H and O–H groups in total. The second kappa shape index (κ2) is 5.98. The Labute approximate surface area is 107 Å². The third-order valence-electron chi connectivity index (χ3n) is 3.34. The molecular weight excluding hydrogens is 230 g/mol. The summed E-state index contributed by atoms with van der Waals surface area (Å²) in [5.41, 5.74) is 0. The lowest BCUT2D eigenvalue weighted by Gasteiger charge is -2.08. The van der Waals surface area contributed by atoms with E-state index in [0.29, 0.717) is 24.7 Å². The number of amides is 1. The smallest absolute Gasteiger partial charge is 0.223 e. The van der Waals surface area contributed by atoms with Crippen LogP contribution >= 0.6 is 0 Å². The first kappa shape index (κ1) is 13.1. The number of aromatic nitrogens is 2. The van der Waals surface area contributed by atoms with Crippen LogP contribution in [-0.4, -0.2) is 22.6 Å². The molecule has 0 spiro atoms. The molecule has 1 fully saturated rings. The molecule has 1 aliphatic carbocycles. The fourth-order valence-electron chi connectivity index (χ4n) is 2.23. The number of carbonyl (C=O) groups excluding carboxylic acids is 1. The molecule has 1 amide bonds. The SMILES string of the molecule is CC(C)c1nnc(CCNC(=O)C2CCCC2)o1.